The number of likely N-dealkylation sites (N-methyl/N-ethyl adjacent to an activating group) is 1. The molecular weight excluding hydrogens is 329 g/mol. The Morgan fingerprint density at radius 3 is 2.47 bits per heavy atom. The minimum absolute atomic E-state index is 0.144. The van der Waals surface area contributed by atoms with Gasteiger partial charge in [-0.25, -0.2) is 4.39 Å². The summed E-state index contributed by atoms with van der Waals surface area (Å²) in [7, 11) is 1.81. The number of nitrogens with one attached hydrogen (secondary N) is 1. The van der Waals surface area contributed by atoms with E-state index in [-0.39, 0.29) is 11.9 Å². The third kappa shape index (κ3) is 3.56. The molecule has 2 aromatic rings. The van der Waals surface area contributed by atoms with Gasteiger partial charge < -0.3 is 5.32 Å². The summed E-state index contributed by atoms with van der Waals surface area (Å²) in [5, 5.41) is 3.58. The van der Waals surface area contributed by atoms with Crippen molar-refractivity contribution in [1.82, 2.24) is 5.32 Å². The van der Waals surface area contributed by atoms with E-state index in [9.17, 15) is 4.39 Å². The molecular formula is C15H14BrClFN. The van der Waals surface area contributed by atoms with Gasteiger partial charge in [-0.1, -0.05) is 45.7 Å². The first-order valence-electron chi connectivity index (χ1n) is 5.97. The molecule has 1 N–H and O–H groups in total. The second-order valence-corrected chi connectivity index (χ2v) is 5.63. The number of hydrogen-bond donors (Lipinski definition) is 1. The van der Waals surface area contributed by atoms with Crippen LogP contribution in [0.1, 0.15) is 17.2 Å². The average Bonchev–Trinajstić information content (AvgIpc) is 2.39. The highest BCUT2D eigenvalue weighted by Gasteiger charge is 2.17. The van der Waals surface area contributed by atoms with Crippen molar-refractivity contribution in [3.8, 4) is 0 Å². The molecule has 1 unspecified atom stereocenters. The highest BCUT2D eigenvalue weighted by atomic mass is 79.9. The molecule has 2 rings (SSSR count). The third-order valence-corrected chi connectivity index (χ3v) is 3.91. The van der Waals surface area contributed by atoms with Crippen LogP contribution < -0.4 is 5.32 Å². The van der Waals surface area contributed by atoms with Crippen molar-refractivity contribution in [2.24, 2.45) is 0 Å². The normalized spacial score (nSPS) is 12.4. The quantitative estimate of drug-likeness (QED) is 0.846. The van der Waals surface area contributed by atoms with Gasteiger partial charge in [0.25, 0.3) is 0 Å². The predicted molar refractivity (Wildman–Crippen MR) is 81.1 cm³/mol. The van der Waals surface area contributed by atoms with E-state index in [4.69, 9.17) is 11.6 Å². The molecule has 1 atom stereocenters. The Kier molecular flexibility index (Phi) is 4.97. The van der Waals surface area contributed by atoms with Gasteiger partial charge >= 0.3 is 0 Å². The zero-order valence-corrected chi connectivity index (χ0v) is 12.8. The number of rotatable bonds is 4. The molecule has 0 aliphatic carbocycles. The Labute approximate surface area is 125 Å². The molecule has 0 radical (unpaired) electrons. The molecule has 0 bridgehead atoms. The summed E-state index contributed by atoms with van der Waals surface area (Å²) >= 11 is 9.51. The lowest BCUT2D eigenvalue weighted by Gasteiger charge is -2.19. The van der Waals surface area contributed by atoms with Gasteiger partial charge in [0.2, 0.25) is 0 Å². The van der Waals surface area contributed by atoms with E-state index >= 15 is 0 Å². The molecule has 0 saturated carbocycles. The van der Waals surface area contributed by atoms with Gasteiger partial charge in [-0.15, -0.1) is 0 Å². The molecule has 100 valence electrons. The summed E-state index contributed by atoms with van der Waals surface area (Å²) in [4.78, 5) is 0. The van der Waals surface area contributed by atoms with Crippen molar-refractivity contribution >= 4 is 27.5 Å². The fourth-order valence-corrected chi connectivity index (χ4v) is 2.61. The summed E-state index contributed by atoms with van der Waals surface area (Å²) in [5.41, 5.74) is 1.65. The second kappa shape index (κ2) is 6.51. The maximum absolute atomic E-state index is 13.9. The maximum atomic E-state index is 13.9. The van der Waals surface area contributed by atoms with Gasteiger partial charge in [-0.05, 0) is 43.3 Å². The van der Waals surface area contributed by atoms with Crippen LogP contribution in [0.2, 0.25) is 5.02 Å². The Morgan fingerprint density at radius 1 is 1.21 bits per heavy atom. The van der Waals surface area contributed by atoms with Crippen LogP contribution in [0.3, 0.4) is 0 Å². The fourth-order valence-electron chi connectivity index (χ4n) is 2.05. The maximum Gasteiger partial charge on any atom is 0.129 e. The number of benzene rings is 2. The van der Waals surface area contributed by atoms with Crippen LogP contribution in [0.25, 0.3) is 0 Å². The lowest BCUT2D eigenvalue weighted by molar-refractivity contribution is 0.534. The molecule has 0 heterocycles. The van der Waals surface area contributed by atoms with Crippen LogP contribution in [0.5, 0.6) is 0 Å². The molecule has 0 amide bonds. The standard InChI is InChI=1S/C15H14BrClFN/c1-19-14(9-10-5-7-11(16)8-6-10)15-12(17)3-2-4-13(15)18/h2-8,14,19H,9H2,1H3. The van der Waals surface area contributed by atoms with E-state index in [1.165, 1.54) is 6.07 Å². The van der Waals surface area contributed by atoms with Crippen LogP contribution in [-0.4, -0.2) is 7.05 Å². The van der Waals surface area contributed by atoms with E-state index in [1.807, 2.05) is 31.3 Å². The zero-order valence-electron chi connectivity index (χ0n) is 10.5. The van der Waals surface area contributed by atoms with E-state index in [0.29, 0.717) is 17.0 Å². The summed E-state index contributed by atoms with van der Waals surface area (Å²) < 4.78 is 15.0. The van der Waals surface area contributed by atoms with Gasteiger partial charge in [0.15, 0.2) is 0 Å². The minimum Gasteiger partial charge on any atom is -0.313 e. The second-order valence-electron chi connectivity index (χ2n) is 4.31. The van der Waals surface area contributed by atoms with Crippen molar-refractivity contribution in [2.45, 2.75) is 12.5 Å². The predicted octanol–water partition coefficient (Wildman–Crippen LogP) is 4.74. The number of halogens is 3. The number of hydrogen-bond acceptors (Lipinski definition) is 1. The fraction of sp³-hybridized carbons (Fsp3) is 0.200. The molecule has 0 saturated heterocycles. The summed E-state index contributed by atoms with van der Waals surface area (Å²) in [6.45, 7) is 0. The molecule has 2 aromatic carbocycles. The molecule has 0 aliphatic heterocycles. The first-order chi connectivity index (χ1) is 9.11. The first-order valence-corrected chi connectivity index (χ1v) is 7.14. The van der Waals surface area contributed by atoms with E-state index in [0.717, 1.165) is 10.0 Å². The van der Waals surface area contributed by atoms with Gasteiger partial charge in [0.05, 0.1) is 0 Å². The Bertz CT molecular complexity index is 536. The van der Waals surface area contributed by atoms with Gasteiger partial charge in [-0.3, -0.25) is 0 Å². The Hall–Kier alpha value is -0.900. The van der Waals surface area contributed by atoms with Crippen LogP contribution >= 0.6 is 27.5 Å². The van der Waals surface area contributed by atoms with Gasteiger partial charge in [0.1, 0.15) is 5.82 Å². The van der Waals surface area contributed by atoms with Crippen molar-refractivity contribution in [2.75, 3.05) is 7.05 Å². The van der Waals surface area contributed by atoms with Crippen LogP contribution in [0.4, 0.5) is 4.39 Å². The average molecular weight is 343 g/mol. The summed E-state index contributed by atoms with van der Waals surface area (Å²) in [6.07, 6.45) is 0.685. The van der Waals surface area contributed by atoms with Crippen LogP contribution in [0.15, 0.2) is 46.9 Å². The van der Waals surface area contributed by atoms with Crippen molar-refractivity contribution in [1.29, 1.82) is 0 Å². The van der Waals surface area contributed by atoms with Gasteiger partial charge in [-0.2, -0.15) is 0 Å². The minimum atomic E-state index is -0.274. The van der Waals surface area contributed by atoms with E-state index in [1.54, 1.807) is 12.1 Å². The lowest BCUT2D eigenvalue weighted by atomic mass is 9.98. The van der Waals surface area contributed by atoms with Crippen LogP contribution in [0, 0.1) is 5.82 Å². The Balaban J connectivity index is 2.27. The topological polar surface area (TPSA) is 12.0 Å². The summed E-state index contributed by atoms with van der Waals surface area (Å²) in [6, 6.07) is 12.6. The molecule has 0 aromatic heterocycles. The van der Waals surface area contributed by atoms with E-state index in [2.05, 4.69) is 21.2 Å². The largest absolute Gasteiger partial charge is 0.313 e. The zero-order chi connectivity index (χ0) is 13.8. The molecule has 0 spiro atoms. The highest BCUT2D eigenvalue weighted by molar-refractivity contribution is 9.10. The Morgan fingerprint density at radius 2 is 1.89 bits per heavy atom. The van der Waals surface area contributed by atoms with Crippen molar-refractivity contribution < 1.29 is 4.39 Å². The first kappa shape index (κ1) is 14.5. The molecule has 1 nitrogen and oxygen atoms in total. The monoisotopic (exact) mass is 341 g/mol. The lowest BCUT2D eigenvalue weighted by Crippen LogP contribution is -2.20. The molecule has 0 fully saturated rings. The molecule has 19 heavy (non-hydrogen) atoms. The molecule has 4 heteroatoms. The van der Waals surface area contributed by atoms with Crippen LogP contribution in [-0.2, 0) is 6.42 Å². The SMILES string of the molecule is CNC(Cc1ccc(Br)cc1)c1c(F)cccc1Cl. The van der Waals surface area contributed by atoms with Crippen molar-refractivity contribution in [3.63, 3.8) is 0 Å². The van der Waals surface area contributed by atoms with Gasteiger partial charge in [0, 0.05) is 21.1 Å². The molecule has 0 aliphatic rings. The van der Waals surface area contributed by atoms with Crippen molar-refractivity contribution in [3.05, 3.63) is 68.9 Å². The third-order valence-electron chi connectivity index (χ3n) is 3.05. The highest BCUT2D eigenvalue weighted by Crippen LogP contribution is 2.28. The smallest absolute Gasteiger partial charge is 0.129 e. The van der Waals surface area contributed by atoms with E-state index < -0.39 is 0 Å². The summed E-state index contributed by atoms with van der Waals surface area (Å²) in [5.74, 6) is -0.274.